The second kappa shape index (κ2) is 7.40. The van der Waals surface area contributed by atoms with Gasteiger partial charge in [0.1, 0.15) is 6.07 Å². The van der Waals surface area contributed by atoms with Gasteiger partial charge in [0, 0.05) is 45.2 Å². The molecule has 1 saturated heterocycles. The fourth-order valence-electron chi connectivity index (χ4n) is 2.94. The number of aromatic nitrogens is 1. The summed E-state index contributed by atoms with van der Waals surface area (Å²) in [5.41, 5.74) is 1.35. The number of anilines is 1. The minimum absolute atomic E-state index is 0.0971. The van der Waals surface area contributed by atoms with E-state index in [0.717, 1.165) is 5.56 Å². The van der Waals surface area contributed by atoms with Crippen LogP contribution in [0.3, 0.4) is 0 Å². The van der Waals surface area contributed by atoms with Crippen LogP contribution in [0.2, 0.25) is 0 Å². The molecule has 0 bridgehead atoms. The molecule has 0 N–H and O–H groups in total. The third-order valence-corrected chi connectivity index (χ3v) is 4.18. The molecule has 3 heterocycles. The topological polar surface area (TPSA) is 89.8 Å². The van der Waals surface area contributed by atoms with Crippen LogP contribution in [-0.4, -0.2) is 60.5 Å². The highest BCUT2D eigenvalue weighted by atomic mass is 16.4. The summed E-state index contributed by atoms with van der Waals surface area (Å²) in [5, 5.41) is 9.13. The van der Waals surface area contributed by atoms with Crippen molar-refractivity contribution in [2.75, 3.05) is 44.7 Å². The summed E-state index contributed by atoms with van der Waals surface area (Å²) in [7, 11) is 1.91. The molecule has 8 nitrogen and oxygen atoms in total. The number of nitrogens with zero attached hydrogens (tertiary/aromatic N) is 5. The molecule has 1 aliphatic heterocycles. The highest BCUT2D eigenvalue weighted by molar-refractivity contribution is 5.78. The molecule has 132 valence electrons. The molecule has 0 aromatic carbocycles. The van der Waals surface area contributed by atoms with E-state index in [1.54, 1.807) is 19.5 Å². The Morgan fingerprint density at radius 2 is 2.16 bits per heavy atom. The number of hydrogen-bond donors (Lipinski definition) is 0. The third kappa shape index (κ3) is 4.00. The van der Waals surface area contributed by atoms with E-state index in [1.807, 2.05) is 27.8 Å². The lowest BCUT2D eigenvalue weighted by molar-refractivity contribution is -0.132. The first-order valence-electron chi connectivity index (χ1n) is 8.16. The van der Waals surface area contributed by atoms with Gasteiger partial charge in [-0.15, -0.1) is 0 Å². The molecule has 1 fully saturated rings. The largest absolute Gasteiger partial charge is 0.472 e. The fourth-order valence-corrected chi connectivity index (χ4v) is 2.94. The van der Waals surface area contributed by atoms with Gasteiger partial charge in [-0.05, 0) is 13.1 Å². The molecular formula is C17H21N5O3. The van der Waals surface area contributed by atoms with E-state index in [-0.39, 0.29) is 5.91 Å². The molecule has 0 spiro atoms. The van der Waals surface area contributed by atoms with E-state index >= 15 is 0 Å². The van der Waals surface area contributed by atoms with Crippen molar-refractivity contribution in [3.63, 3.8) is 0 Å². The second-order valence-corrected chi connectivity index (χ2v) is 6.17. The van der Waals surface area contributed by atoms with Crippen LogP contribution < -0.4 is 4.90 Å². The molecule has 25 heavy (non-hydrogen) atoms. The SMILES string of the molecule is Cc1nc(C#N)c(N2CCN(C(=O)CN(C)Cc3ccoc3)CC2)o1. The number of aryl methyl sites for hydroxylation is 1. The van der Waals surface area contributed by atoms with E-state index < -0.39 is 0 Å². The summed E-state index contributed by atoms with van der Waals surface area (Å²) in [4.78, 5) is 22.3. The molecule has 0 aliphatic carbocycles. The van der Waals surface area contributed by atoms with Gasteiger partial charge in [-0.3, -0.25) is 9.69 Å². The predicted octanol–water partition coefficient (Wildman–Crippen LogP) is 1.23. The first kappa shape index (κ1) is 17.0. The van der Waals surface area contributed by atoms with Crippen molar-refractivity contribution >= 4 is 11.8 Å². The van der Waals surface area contributed by atoms with Crippen molar-refractivity contribution < 1.29 is 13.6 Å². The summed E-state index contributed by atoms with van der Waals surface area (Å²) in [5.74, 6) is 1.08. The predicted molar refractivity (Wildman–Crippen MR) is 89.8 cm³/mol. The number of likely N-dealkylation sites (N-methyl/N-ethyl adjacent to an activating group) is 1. The Bertz CT molecular complexity index is 754. The zero-order chi connectivity index (χ0) is 17.8. The van der Waals surface area contributed by atoms with Crippen LogP contribution in [-0.2, 0) is 11.3 Å². The van der Waals surface area contributed by atoms with Gasteiger partial charge >= 0.3 is 0 Å². The number of amides is 1. The smallest absolute Gasteiger partial charge is 0.236 e. The number of nitriles is 1. The Morgan fingerprint density at radius 1 is 1.40 bits per heavy atom. The molecule has 0 saturated carbocycles. The van der Waals surface area contributed by atoms with Crippen LogP contribution in [0.25, 0.3) is 0 Å². The average Bonchev–Trinajstić information content (AvgIpc) is 3.24. The number of carbonyl (C=O) groups excluding carboxylic acids is 1. The number of piperazine rings is 1. The Kier molecular flexibility index (Phi) is 5.05. The van der Waals surface area contributed by atoms with Crippen molar-refractivity contribution in [2.45, 2.75) is 13.5 Å². The molecule has 0 unspecified atom stereocenters. The minimum atomic E-state index is 0.0971. The monoisotopic (exact) mass is 343 g/mol. The molecule has 3 rings (SSSR count). The highest BCUT2D eigenvalue weighted by Gasteiger charge is 2.26. The van der Waals surface area contributed by atoms with Crippen LogP contribution in [0.5, 0.6) is 0 Å². The van der Waals surface area contributed by atoms with Gasteiger partial charge in [-0.25, -0.2) is 4.98 Å². The minimum Gasteiger partial charge on any atom is -0.472 e. The van der Waals surface area contributed by atoms with E-state index in [2.05, 4.69) is 11.1 Å². The van der Waals surface area contributed by atoms with Crippen molar-refractivity contribution in [3.05, 3.63) is 35.7 Å². The fraction of sp³-hybridized carbons (Fsp3) is 0.471. The maximum Gasteiger partial charge on any atom is 0.236 e. The normalized spacial score (nSPS) is 14.8. The molecule has 0 atom stereocenters. The molecule has 1 aliphatic rings. The average molecular weight is 343 g/mol. The zero-order valence-electron chi connectivity index (χ0n) is 14.4. The Labute approximate surface area is 146 Å². The van der Waals surface area contributed by atoms with Crippen LogP contribution in [0.4, 0.5) is 5.88 Å². The molecule has 0 radical (unpaired) electrons. The number of hydrogen-bond acceptors (Lipinski definition) is 7. The maximum absolute atomic E-state index is 12.5. The summed E-state index contributed by atoms with van der Waals surface area (Å²) in [6.45, 7) is 5.20. The summed E-state index contributed by atoms with van der Waals surface area (Å²) in [6, 6.07) is 3.95. The van der Waals surface area contributed by atoms with Gasteiger partial charge < -0.3 is 18.6 Å². The summed E-state index contributed by atoms with van der Waals surface area (Å²) >= 11 is 0. The van der Waals surface area contributed by atoms with Gasteiger partial charge in [0.15, 0.2) is 5.89 Å². The van der Waals surface area contributed by atoms with Crippen molar-refractivity contribution in [1.29, 1.82) is 5.26 Å². The molecule has 8 heteroatoms. The molecule has 2 aromatic rings. The Balaban J connectivity index is 1.51. The van der Waals surface area contributed by atoms with E-state index in [4.69, 9.17) is 14.1 Å². The lowest BCUT2D eigenvalue weighted by Gasteiger charge is -2.35. The van der Waals surface area contributed by atoms with Gasteiger partial charge in [-0.1, -0.05) is 0 Å². The maximum atomic E-state index is 12.5. The van der Waals surface area contributed by atoms with Gasteiger partial charge in [0.2, 0.25) is 17.5 Å². The van der Waals surface area contributed by atoms with E-state index in [1.165, 1.54) is 0 Å². The van der Waals surface area contributed by atoms with Crippen LogP contribution >= 0.6 is 0 Å². The van der Waals surface area contributed by atoms with Crippen LogP contribution in [0.15, 0.2) is 27.4 Å². The molecular weight excluding hydrogens is 322 g/mol. The Morgan fingerprint density at radius 3 is 2.80 bits per heavy atom. The molecule has 2 aromatic heterocycles. The van der Waals surface area contributed by atoms with Crippen LogP contribution in [0.1, 0.15) is 17.1 Å². The Hall–Kier alpha value is -2.79. The van der Waals surface area contributed by atoms with Crippen molar-refractivity contribution in [2.24, 2.45) is 0 Å². The number of oxazole rings is 1. The third-order valence-electron chi connectivity index (χ3n) is 4.18. The second-order valence-electron chi connectivity index (χ2n) is 6.17. The van der Waals surface area contributed by atoms with Crippen LogP contribution in [0, 0.1) is 18.3 Å². The van der Waals surface area contributed by atoms with Gasteiger partial charge in [-0.2, -0.15) is 5.26 Å². The van der Waals surface area contributed by atoms with E-state index in [0.29, 0.717) is 56.7 Å². The zero-order valence-corrected chi connectivity index (χ0v) is 14.4. The number of furan rings is 1. The van der Waals surface area contributed by atoms with Gasteiger partial charge in [0.25, 0.3) is 0 Å². The summed E-state index contributed by atoms with van der Waals surface area (Å²) < 4.78 is 10.6. The van der Waals surface area contributed by atoms with E-state index in [9.17, 15) is 4.79 Å². The first-order chi connectivity index (χ1) is 12.1. The highest BCUT2D eigenvalue weighted by Crippen LogP contribution is 2.22. The number of rotatable bonds is 5. The standard InChI is InChI=1S/C17H21N5O3/c1-13-19-15(9-18)17(25-13)22-6-4-21(5-7-22)16(23)11-20(2)10-14-3-8-24-12-14/h3,8,12H,4-7,10-11H2,1-2H3. The summed E-state index contributed by atoms with van der Waals surface area (Å²) in [6.07, 6.45) is 3.32. The van der Waals surface area contributed by atoms with Crippen molar-refractivity contribution in [3.8, 4) is 6.07 Å². The first-order valence-corrected chi connectivity index (χ1v) is 8.16. The van der Waals surface area contributed by atoms with Crippen molar-refractivity contribution in [1.82, 2.24) is 14.8 Å². The number of carbonyl (C=O) groups is 1. The quantitative estimate of drug-likeness (QED) is 0.806. The van der Waals surface area contributed by atoms with Gasteiger partial charge in [0.05, 0.1) is 19.1 Å². The molecule has 1 amide bonds. The lowest BCUT2D eigenvalue weighted by atomic mass is 10.2. The lowest BCUT2D eigenvalue weighted by Crippen LogP contribution is -2.51.